The summed E-state index contributed by atoms with van der Waals surface area (Å²) in [6, 6.07) is -0.824. The van der Waals surface area contributed by atoms with E-state index in [0.29, 0.717) is 6.42 Å². The van der Waals surface area contributed by atoms with Gasteiger partial charge in [-0.15, -0.1) is 0 Å². The van der Waals surface area contributed by atoms with Gasteiger partial charge in [0.25, 0.3) is 0 Å². The van der Waals surface area contributed by atoms with Gasteiger partial charge in [-0.05, 0) is 12.0 Å². The zero-order valence-corrected chi connectivity index (χ0v) is 5.45. The van der Waals surface area contributed by atoms with Gasteiger partial charge >= 0.3 is 5.97 Å². The largest absolute Gasteiger partial charge is 0.480 e. The second-order valence-corrected chi connectivity index (χ2v) is 2.19. The number of carboxylic acids is 1. The van der Waals surface area contributed by atoms with Crippen LogP contribution in [0.25, 0.3) is 0 Å². The average molecular weight is 139 g/mol. The predicted molar refractivity (Wildman–Crippen MR) is 37.5 cm³/mol. The van der Waals surface area contributed by atoms with Gasteiger partial charge in [0.15, 0.2) is 0 Å². The summed E-state index contributed by atoms with van der Waals surface area (Å²) in [5.74, 6) is -0.963. The molecule has 0 bridgehead atoms. The van der Waals surface area contributed by atoms with E-state index in [1.54, 1.807) is 6.08 Å². The Bertz CT molecular complexity index is 206. The molecule has 54 valence electrons. The van der Waals surface area contributed by atoms with Crippen molar-refractivity contribution in [3.8, 4) is 0 Å². The van der Waals surface area contributed by atoms with Crippen LogP contribution in [0.1, 0.15) is 6.42 Å². The number of hydrogen-bond acceptors (Lipinski definition) is 2. The summed E-state index contributed by atoms with van der Waals surface area (Å²) < 4.78 is 0. The number of hydrogen-bond donors (Lipinski definition) is 2. The van der Waals surface area contributed by atoms with E-state index >= 15 is 0 Å². The van der Waals surface area contributed by atoms with Crippen LogP contribution in [0.3, 0.4) is 0 Å². The van der Waals surface area contributed by atoms with Crippen LogP contribution in [-0.4, -0.2) is 17.1 Å². The molecular weight excluding hydrogens is 130 g/mol. The molecule has 0 amide bonds. The van der Waals surface area contributed by atoms with Crippen LogP contribution >= 0.6 is 0 Å². The summed E-state index contributed by atoms with van der Waals surface area (Å²) in [5, 5.41) is 8.45. The zero-order valence-electron chi connectivity index (χ0n) is 5.45. The normalized spacial score (nSPS) is 18.7. The van der Waals surface area contributed by atoms with E-state index in [2.05, 4.69) is 0 Å². The van der Waals surface area contributed by atoms with Crippen molar-refractivity contribution in [2.24, 2.45) is 5.73 Å². The number of carboxylic acid groups (broad SMARTS) is 1. The fraction of sp³-hybridized carbons (Fsp3) is 0.286. The minimum Gasteiger partial charge on any atom is -0.480 e. The van der Waals surface area contributed by atoms with Crippen molar-refractivity contribution >= 4 is 5.97 Å². The fourth-order valence-electron chi connectivity index (χ4n) is 0.853. The molecule has 0 aromatic heterocycles. The van der Waals surface area contributed by atoms with Crippen LogP contribution in [-0.2, 0) is 4.79 Å². The van der Waals surface area contributed by atoms with Crippen molar-refractivity contribution in [3.63, 3.8) is 0 Å². The first kappa shape index (κ1) is 7.02. The molecular formula is C7H9NO2. The van der Waals surface area contributed by atoms with Crippen LogP contribution in [0, 0.1) is 0 Å². The molecule has 1 aliphatic carbocycles. The first-order valence-corrected chi connectivity index (χ1v) is 3.06. The van der Waals surface area contributed by atoms with Crippen molar-refractivity contribution in [1.82, 2.24) is 0 Å². The Balaban J connectivity index is 2.59. The molecule has 0 saturated heterocycles. The predicted octanol–water partition coefficient (Wildman–Crippen LogP) is 0.285. The summed E-state index contributed by atoms with van der Waals surface area (Å²) in [6.45, 7) is 0. The molecule has 0 heterocycles. The molecule has 1 aliphatic rings. The topological polar surface area (TPSA) is 63.3 Å². The quantitative estimate of drug-likeness (QED) is 0.577. The maximum absolute atomic E-state index is 10.3. The molecule has 0 saturated carbocycles. The average Bonchev–Trinajstić information content (AvgIpc) is 2.36. The van der Waals surface area contributed by atoms with E-state index in [1.807, 2.05) is 12.2 Å². The van der Waals surface area contributed by atoms with E-state index in [9.17, 15) is 4.79 Å². The molecule has 3 nitrogen and oxygen atoms in total. The van der Waals surface area contributed by atoms with Crippen LogP contribution in [0.5, 0.6) is 0 Å². The third kappa shape index (κ3) is 1.25. The highest BCUT2D eigenvalue weighted by molar-refractivity contribution is 5.77. The molecule has 3 heteroatoms. The molecule has 0 unspecified atom stereocenters. The molecule has 0 spiro atoms. The molecule has 0 aromatic carbocycles. The zero-order chi connectivity index (χ0) is 7.56. The minimum atomic E-state index is -0.963. The van der Waals surface area contributed by atoms with E-state index in [0.717, 1.165) is 5.57 Å². The first-order chi connectivity index (χ1) is 4.72. The third-order valence-corrected chi connectivity index (χ3v) is 1.47. The first-order valence-electron chi connectivity index (χ1n) is 3.06. The summed E-state index contributed by atoms with van der Waals surface area (Å²) >= 11 is 0. The van der Waals surface area contributed by atoms with Crippen molar-refractivity contribution in [1.29, 1.82) is 0 Å². The molecule has 1 rings (SSSR count). The second-order valence-electron chi connectivity index (χ2n) is 2.19. The third-order valence-electron chi connectivity index (χ3n) is 1.47. The lowest BCUT2D eigenvalue weighted by Gasteiger charge is -2.05. The van der Waals surface area contributed by atoms with Gasteiger partial charge in [-0.1, -0.05) is 18.2 Å². The Hall–Kier alpha value is -1.09. The summed E-state index contributed by atoms with van der Waals surface area (Å²) in [5.41, 5.74) is 6.08. The van der Waals surface area contributed by atoms with Gasteiger partial charge in [-0.3, -0.25) is 4.79 Å². The Morgan fingerprint density at radius 1 is 1.80 bits per heavy atom. The monoisotopic (exact) mass is 139 g/mol. The van der Waals surface area contributed by atoms with Gasteiger partial charge < -0.3 is 10.8 Å². The SMILES string of the molecule is N[C@H](C(=O)O)C1=CC=CC1. The van der Waals surface area contributed by atoms with E-state index in [-0.39, 0.29) is 0 Å². The number of rotatable bonds is 2. The maximum atomic E-state index is 10.3. The van der Waals surface area contributed by atoms with E-state index in [1.165, 1.54) is 0 Å². The molecule has 3 N–H and O–H groups in total. The Morgan fingerprint density at radius 3 is 2.90 bits per heavy atom. The molecule has 0 fully saturated rings. The van der Waals surface area contributed by atoms with Crippen molar-refractivity contribution < 1.29 is 9.90 Å². The lowest BCUT2D eigenvalue weighted by Crippen LogP contribution is -2.31. The molecule has 0 radical (unpaired) electrons. The van der Waals surface area contributed by atoms with Crippen molar-refractivity contribution in [2.45, 2.75) is 12.5 Å². The molecule has 10 heavy (non-hydrogen) atoms. The van der Waals surface area contributed by atoms with Crippen molar-refractivity contribution in [3.05, 3.63) is 23.8 Å². The van der Waals surface area contributed by atoms with Gasteiger partial charge in [0.1, 0.15) is 6.04 Å². The lowest BCUT2D eigenvalue weighted by atomic mass is 10.1. The Kier molecular flexibility index (Phi) is 1.87. The van der Waals surface area contributed by atoms with Gasteiger partial charge in [-0.2, -0.15) is 0 Å². The van der Waals surface area contributed by atoms with Gasteiger partial charge in [0.2, 0.25) is 0 Å². The minimum absolute atomic E-state index is 0.674. The van der Waals surface area contributed by atoms with Crippen LogP contribution in [0.4, 0.5) is 0 Å². The molecule has 0 aliphatic heterocycles. The summed E-state index contributed by atoms with van der Waals surface area (Å²) in [4.78, 5) is 10.3. The van der Waals surface area contributed by atoms with Crippen LogP contribution < -0.4 is 5.73 Å². The highest BCUT2D eigenvalue weighted by Crippen LogP contribution is 2.12. The Morgan fingerprint density at radius 2 is 2.50 bits per heavy atom. The van der Waals surface area contributed by atoms with E-state index in [4.69, 9.17) is 10.8 Å². The molecule has 1 atom stereocenters. The molecule has 0 aromatic rings. The number of allylic oxidation sites excluding steroid dienone is 3. The van der Waals surface area contributed by atoms with Gasteiger partial charge in [0, 0.05) is 0 Å². The highest BCUT2D eigenvalue weighted by Gasteiger charge is 2.16. The summed E-state index contributed by atoms with van der Waals surface area (Å²) in [6.07, 6.45) is 6.13. The van der Waals surface area contributed by atoms with E-state index < -0.39 is 12.0 Å². The summed E-state index contributed by atoms with van der Waals surface area (Å²) in [7, 11) is 0. The number of carbonyl (C=O) groups is 1. The lowest BCUT2D eigenvalue weighted by molar-refractivity contribution is -0.137. The second kappa shape index (κ2) is 2.66. The maximum Gasteiger partial charge on any atom is 0.324 e. The Labute approximate surface area is 58.8 Å². The fourth-order valence-corrected chi connectivity index (χ4v) is 0.853. The standard InChI is InChI=1S/C7H9NO2/c8-6(7(9)10)5-3-1-2-4-5/h1-3,6H,4,8H2,(H,9,10)/t6-/m0/s1. The van der Waals surface area contributed by atoms with Gasteiger partial charge in [-0.25, -0.2) is 0 Å². The smallest absolute Gasteiger partial charge is 0.324 e. The number of nitrogens with two attached hydrogens (primary N) is 1. The highest BCUT2D eigenvalue weighted by atomic mass is 16.4. The van der Waals surface area contributed by atoms with Crippen LogP contribution in [0.2, 0.25) is 0 Å². The van der Waals surface area contributed by atoms with Gasteiger partial charge in [0.05, 0.1) is 0 Å². The number of aliphatic carboxylic acids is 1. The van der Waals surface area contributed by atoms with Crippen LogP contribution in [0.15, 0.2) is 23.8 Å². The van der Waals surface area contributed by atoms with Crippen molar-refractivity contribution in [2.75, 3.05) is 0 Å².